The fourth-order valence-corrected chi connectivity index (χ4v) is 3.29. The second-order valence-electron chi connectivity index (χ2n) is 6.76. The number of hydrogen-bond donors (Lipinski definition) is 1. The average molecular weight is 254 g/mol. The summed E-state index contributed by atoms with van der Waals surface area (Å²) in [6.07, 6.45) is 5.55. The van der Waals surface area contributed by atoms with Crippen LogP contribution in [0.1, 0.15) is 46.5 Å². The molecule has 2 fully saturated rings. The summed E-state index contributed by atoms with van der Waals surface area (Å²) in [4.78, 5) is 2.57. The smallest absolute Gasteiger partial charge is 0.0594 e. The van der Waals surface area contributed by atoms with Crippen LogP contribution in [0.5, 0.6) is 0 Å². The molecule has 3 nitrogen and oxygen atoms in total. The van der Waals surface area contributed by atoms with Crippen LogP contribution in [-0.4, -0.2) is 49.3 Å². The van der Waals surface area contributed by atoms with Gasteiger partial charge in [-0.2, -0.15) is 0 Å². The SMILES string of the molecule is CC1CCCC(NCC(C)(C)N2CCOCC2)C1. The van der Waals surface area contributed by atoms with Crippen LogP contribution in [0.25, 0.3) is 0 Å². The van der Waals surface area contributed by atoms with Gasteiger partial charge >= 0.3 is 0 Å². The van der Waals surface area contributed by atoms with Crippen LogP contribution < -0.4 is 5.32 Å². The fourth-order valence-electron chi connectivity index (χ4n) is 3.29. The maximum atomic E-state index is 5.44. The van der Waals surface area contributed by atoms with Crippen LogP contribution in [-0.2, 0) is 4.74 Å². The van der Waals surface area contributed by atoms with Crippen LogP contribution in [0.3, 0.4) is 0 Å². The van der Waals surface area contributed by atoms with Crippen molar-refractivity contribution < 1.29 is 4.74 Å². The van der Waals surface area contributed by atoms with Gasteiger partial charge in [0.25, 0.3) is 0 Å². The molecule has 0 radical (unpaired) electrons. The number of rotatable bonds is 4. The summed E-state index contributed by atoms with van der Waals surface area (Å²) in [5, 5.41) is 3.81. The van der Waals surface area contributed by atoms with Gasteiger partial charge in [0.1, 0.15) is 0 Å². The molecular formula is C15H30N2O. The Bertz CT molecular complexity index is 249. The van der Waals surface area contributed by atoms with E-state index in [1.807, 2.05) is 0 Å². The van der Waals surface area contributed by atoms with E-state index in [2.05, 4.69) is 31.0 Å². The minimum atomic E-state index is 0.254. The van der Waals surface area contributed by atoms with E-state index in [0.29, 0.717) is 0 Å². The Morgan fingerprint density at radius 1 is 1.22 bits per heavy atom. The molecule has 18 heavy (non-hydrogen) atoms. The lowest BCUT2D eigenvalue weighted by molar-refractivity contribution is -0.0108. The van der Waals surface area contributed by atoms with Crippen LogP contribution in [0.4, 0.5) is 0 Å². The van der Waals surface area contributed by atoms with Gasteiger partial charge in [0, 0.05) is 31.2 Å². The molecule has 1 saturated heterocycles. The quantitative estimate of drug-likeness (QED) is 0.833. The van der Waals surface area contributed by atoms with Crippen molar-refractivity contribution in [2.45, 2.75) is 58.0 Å². The van der Waals surface area contributed by atoms with Gasteiger partial charge in [-0.15, -0.1) is 0 Å². The predicted molar refractivity (Wildman–Crippen MR) is 75.9 cm³/mol. The molecule has 0 aromatic rings. The summed E-state index contributed by atoms with van der Waals surface area (Å²) in [6, 6.07) is 0.745. The highest BCUT2D eigenvalue weighted by Gasteiger charge is 2.29. The zero-order valence-corrected chi connectivity index (χ0v) is 12.4. The van der Waals surface area contributed by atoms with Crippen molar-refractivity contribution >= 4 is 0 Å². The van der Waals surface area contributed by atoms with Gasteiger partial charge in [-0.3, -0.25) is 4.90 Å². The average Bonchev–Trinajstić information content (AvgIpc) is 2.38. The van der Waals surface area contributed by atoms with Gasteiger partial charge < -0.3 is 10.1 Å². The van der Waals surface area contributed by atoms with E-state index in [1.165, 1.54) is 25.7 Å². The zero-order valence-electron chi connectivity index (χ0n) is 12.4. The molecular weight excluding hydrogens is 224 g/mol. The minimum absolute atomic E-state index is 0.254. The fraction of sp³-hybridized carbons (Fsp3) is 1.00. The van der Waals surface area contributed by atoms with Gasteiger partial charge in [-0.05, 0) is 32.6 Å². The number of ether oxygens (including phenoxy) is 1. The molecule has 0 amide bonds. The van der Waals surface area contributed by atoms with Gasteiger partial charge in [0.2, 0.25) is 0 Å². The first-order valence-electron chi connectivity index (χ1n) is 7.64. The Morgan fingerprint density at radius 2 is 1.94 bits per heavy atom. The Labute approximate surface area is 112 Å². The summed E-state index contributed by atoms with van der Waals surface area (Å²) in [7, 11) is 0. The number of hydrogen-bond acceptors (Lipinski definition) is 3. The van der Waals surface area contributed by atoms with Crippen LogP contribution in [0.15, 0.2) is 0 Å². The molecule has 2 rings (SSSR count). The standard InChI is InChI=1S/C15H30N2O/c1-13-5-4-6-14(11-13)16-12-15(2,3)17-7-9-18-10-8-17/h13-14,16H,4-12H2,1-3H3. The summed E-state index contributed by atoms with van der Waals surface area (Å²) < 4.78 is 5.44. The molecule has 0 bridgehead atoms. The lowest BCUT2D eigenvalue weighted by Gasteiger charge is -2.42. The Kier molecular flexibility index (Phi) is 5.05. The lowest BCUT2D eigenvalue weighted by atomic mass is 9.86. The van der Waals surface area contributed by atoms with E-state index in [0.717, 1.165) is 44.8 Å². The van der Waals surface area contributed by atoms with Crippen molar-refractivity contribution in [2.24, 2.45) is 5.92 Å². The second kappa shape index (κ2) is 6.36. The third-order valence-corrected chi connectivity index (χ3v) is 4.63. The first-order chi connectivity index (χ1) is 8.58. The van der Waals surface area contributed by atoms with E-state index >= 15 is 0 Å². The molecule has 1 saturated carbocycles. The molecule has 2 unspecified atom stereocenters. The molecule has 2 atom stereocenters. The van der Waals surface area contributed by atoms with Crippen molar-refractivity contribution in [1.82, 2.24) is 10.2 Å². The Hall–Kier alpha value is -0.120. The van der Waals surface area contributed by atoms with Gasteiger partial charge in [-0.1, -0.05) is 19.8 Å². The van der Waals surface area contributed by atoms with Crippen molar-refractivity contribution in [3.05, 3.63) is 0 Å². The molecule has 1 aliphatic heterocycles. The minimum Gasteiger partial charge on any atom is -0.379 e. The molecule has 0 aromatic heterocycles. The first kappa shape index (κ1) is 14.3. The molecule has 106 valence electrons. The van der Waals surface area contributed by atoms with Crippen molar-refractivity contribution in [3.8, 4) is 0 Å². The van der Waals surface area contributed by atoms with Gasteiger partial charge in [0.05, 0.1) is 13.2 Å². The van der Waals surface area contributed by atoms with E-state index in [-0.39, 0.29) is 5.54 Å². The maximum absolute atomic E-state index is 5.44. The van der Waals surface area contributed by atoms with E-state index in [1.54, 1.807) is 0 Å². The van der Waals surface area contributed by atoms with Crippen LogP contribution in [0, 0.1) is 5.92 Å². The Balaban J connectivity index is 1.76. The third-order valence-electron chi connectivity index (χ3n) is 4.63. The highest BCUT2D eigenvalue weighted by atomic mass is 16.5. The molecule has 0 spiro atoms. The summed E-state index contributed by atoms with van der Waals surface area (Å²) in [5.41, 5.74) is 0.254. The molecule has 2 aliphatic rings. The first-order valence-corrected chi connectivity index (χ1v) is 7.64. The second-order valence-corrected chi connectivity index (χ2v) is 6.76. The van der Waals surface area contributed by atoms with Crippen LogP contribution >= 0.6 is 0 Å². The number of nitrogens with zero attached hydrogens (tertiary/aromatic N) is 1. The normalized spacial score (nSPS) is 31.5. The number of morpholine rings is 1. The molecule has 3 heteroatoms. The highest BCUT2D eigenvalue weighted by Crippen LogP contribution is 2.24. The van der Waals surface area contributed by atoms with Gasteiger partial charge in [0.15, 0.2) is 0 Å². The monoisotopic (exact) mass is 254 g/mol. The van der Waals surface area contributed by atoms with E-state index in [4.69, 9.17) is 4.74 Å². The molecule has 1 aliphatic carbocycles. The van der Waals surface area contributed by atoms with Crippen molar-refractivity contribution in [1.29, 1.82) is 0 Å². The summed E-state index contributed by atoms with van der Waals surface area (Å²) >= 11 is 0. The zero-order chi connectivity index (χ0) is 13.0. The molecule has 1 N–H and O–H groups in total. The van der Waals surface area contributed by atoms with Gasteiger partial charge in [-0.25, -0.2) is 0 Å². The maximum Gasteiger partial charge on any atom is 0.0594 e. The van der Waals surface area contributed by atoms with E-state index in [9.17, 15) is 0 Å². The lowest BCUT2D eigenvalue weighted by Crippen LogP contribution is -2.56. The highest BCUT2D eigenvalue weighted by molar-refractivity contribution is 4.87. The van der Waals surface area contributed by atoms with Crippen molar-refractivity contribution in [3.63, 3.8) is 0 Å². The largest absolute Gasteiger partial charge is 0.379 e. The summed E-state index contributed by atoms with van der Waals surface area (Å²) in [5.74, 6) is 0.905. The molecule has 0 aromatic carbocycles. The molecule has 1 heterocycles. The van der Waals surface area contributed by atoms with Crippen molar-refractivity contribution in [2.75, 3.05) is 32.8 Å². The number of nitrogens with one attached hydrogen (secondary N) is 1. The third kappa shape index (κ3) is 3.94. The predicted octanol–water partition coefficient (Wildman–Crippen LogP) is 2.27. The topological polar surface area (TPSA) is 24.5 Å². The van der Waals surface area contributed by atoms with E-state index < -0.39 is 0 Å². The summed E-state index contributed by atoms with van der Waals surface area (Å²) in [6.45, 7) is 12.2. The van der Waals surface area contributed by atoms with Crippen LogP contribution in [0.2, 0.25) is 0 Å². The Morgan fingerprint density at radius 3 is 2.61 bits per heavy atom.